The van der Waals surface area contributed by atoms with Gasteiger partial charge in [0.25, 0.3) is 0 Å². The van der Waals surface area contributed by atoms with Crippen LogP contribution >= 0.6 is 0 Å². The largest absolute Gasteiger partial charge is 0.494 e. The molecule has 0 unspecified atom stereocenters. The topological polar surface area (TPSA) is 41.6 Å². The first-order valence-corrected chi connectivity index (χ1v) is 8.52. The molecule has 1 aromatic rings. The molecule has 1 aromatic carbocycles. The van der Waals surface area contributed by atoms with Crippen molar-refractivity contribution < 1.29 is 9.53 Å². The fourth-order valence-electron chi connectivity index (χ4n) is 3.35. The number of carbonyl (C=O) groups excluding carboxylic acids is 1. The highest BCUT2D eigenvalue weighted by molar-refractivity contribution is 5.79. The van der Waals surface area contributed by atoms with Crippen molar-refractivity contribution in [1.82, 2.24) is 10.2 Å². The molecule has 2 aliphatic heterocycles. The lowest BCUT2D eigenvalue weighted by Crippen LogP contribution is -2.43. The molecule has 1 saturated heterocycles. The lowest BCUT2D eigenvalue weighted by Gasteiger charge is -2.33. The van der Waals surface area contributed by atoms with Gasteiger partial charge in [-0.15, -0.1) is 0 Å². The van der Waals surface area contributed by atoms with Gasteiger partial charge in [-0.05, 0) is 62.0 Å². The Morgan fingerprint density at radius 3 is 2.91 bits per heavy atom. The van der Waals surface area contributed by atoms with Gasteiger partial charge in [0.1, 0.15) is 5.75 Å². The molecule has 2 aliphatic rings. The Hall–Kier alpha value is -1.55. The predicted octanol–water partition coefficient (Wildman–Crippen LogP) is 2.36. The molecule has 0 aromatic heterocycles. The summed E-state index contributed by atoms with van der Waals surface area (Å²) in [7, 11) is 0. The van der Waals surface area contributed by atoms with Crippen LogP contribution in [0.15, 0.2) is 18.2 Å². The van der Waals surface area contributed by atoms with Gasteiger partial charge >= 0.3 is 0 Å². The van der Waals surface area contributed by atoms with E-state index in [4.69, 9.17) is 4.74 Å². The zero-order valence-corrected chi connectivity index (χ0v) is 13.4. The Bertz CT molecular complexity index is 524. The summed E-state index contributed by atoms with van der Waals surface area (Å²) in [5.41, 5.74) is 2.61. The molecule has 0 saturated carbocycles. The van der Waals surface area contributed by atoms with Gasteiger partial charge in [-0.3, -0.25) is 4.79 Å². The highest BCUT2D eigenvalue weighted by Gasteiger charge is 2.28. The lowest BCUT2D eigenvalue weighted by molar-refractivity contribution is -0.137. The van der Waals surface area contributed by atoms with Gasteiger partial charge < -0.3 is 15.0 Å². The quantitative estimate of drug-likeness (QED) is 0.928. The molecule has 1 fully saturated rings. The summed E-state index contributed by atoms with van der Waals surface area (Å²) >= 11 is 0. The summed E-state index contributed by atoms with van der Waals surface area (Å²) in [4.78, 5) is 14.7. The van der Waals surface area contributed by atoms with Crippen LogP contribution in [-0.4, -0.2) is 37.0 Å². The maximum atomic E-state index is 12.6. The highest BCUT2D eigenvalue weighted by Crippen LogP contribution is 2.26. The molecule has 3 rings (SSSR count). The standard InChI is InChI=1S/C18H26N2O2/c1-2-11-22-17-4-3-16-13-20(10-7-15(16)12-17)18(21)14-5-8-19-9-6-14/h3-4,12,14,19H,2,5-11,13H2,1H3. The van der Waals surface area contributed by atoms with E-state index in [1.54, 1.807) is 0 Å². The maximum absolute atomic E-state index is 12.6. The van der Waals surface area contributed by atoms with Gasteiger partial charge in [-0.1, -0.05) is 13.0 Å². The van der Waals surface area contributed by atoms with Crippen molar-refractivity contribution in [2.24, 2.45) is 5.92 Å². The third-order valence-corrected chi connectivity index (χ3v) is 4.66. The first-order chi connectivity index (χ1) is 10.8. The van der Waals surface area contributed by atoms with Crippen LogP contribution in [-0.2, 0) is 17.8 Å². The van der Waals surface area contributed by atoms with Gasteiger partial charge in [0.05, 0.1) is 6.61 Å². The smallest absolute Gasteiger partial charge is 0.226 e. The molecule has 0 radical (unpaired) electrons. The number of nitrogens with zero attached hydrogens (tertiary/aromatic N) is 1. The van der Waals surface area contributed by atoms with E-state index < -0.39 is 0 Å². The fraction of sp³-hybridized carbons (Fsp3) is 0.611. The average molecular weight is 302 g/mol. The third kappa shape index (κ3) is 3.43. The number of hydrogen-bond acceptors (Lipinski definition) is 3. The van der Waals surface area contributed by atoms with E-state index in [0.717, 1.165) is 64.2 Å². The molecule has 4 nitrogen and oxygen atoms in total. The second kappa shape index (κ2) is 7.14. The molecule has 0 aliphatic carbocycles. The third-order valence-electron chi connectivity index (χ3n) is 4.66. The van der Waals surface area contributed by atoms with Crippen molar-refractivity contribution in [1.29, 1.82) is 0 Å². The van der Waals surface area contributed by atoms with E-state index in [1.165, 1.54) is 11.1 Å². The Morgan fingerprint density at radius 1 is 1.32 bits per heavy atom. The number of amides is 1. The van der Waals surface area contributed by atoms with Crippen LogP contribution in [0.3, 0.4) is 0 Å². The van der Waals surface area contributed by atoms with E-state index in [1.807, 2.05) is 11.0 Å². The van der Waals surface area contributed by atoms with Crippen molar-refractivity contribution in [3.63, 3.8) is 0 Å². The first-order valence-electron chi connectivity index (χ1n) is 8.52. The predicted molar refractivity (Wildman–Crippen MR) is 86.9 cm³/mol. The maximum Gasteiger partial charge on any atom is 0.226 e. The Morgan fingerprint density at radius 2 is 2.14 bits per heavy atom. The number of ether oxygens (including phenoxy) is 1. The van der Waals surface area contributed by atoms with E-state index >= 15 is 0 Å². The second-order valence-electron chi connectivity index (χ2n) is 6.31. The minimum Gasteiger partial charge on any atom is -0.494 e. The molecular formula is C18H26N2O2. The number of piperidine rings is 1. The number of fused-ring (bicyclic) bond motifs is 1. The second-order valence-corrected chi connectivity index (χ2v) is 6.31. The highest BCUT2D eigenvalue weighted by atomic mass is 16.5. The number of benzene rings is 1. The summed E-state index contributed by atoms with van der Waals surface area (Å²) in [5.74, 6) is 1.52. The Kier molecular flexibility index (Phi) is 4.98. The van der Waals surface area contributed by atoms with Gasteiger partial charge in [0, 0.05) is 19.0 Å². The molecule has 0 spiro atoms. The Balaban J connectivity index is 1.64. The summed E-state index contributed by atoms with van der Waals surface area (Å²) in [6.45, 7) is 6.42. The molecule has 4 heteroatoms. The summed E-state index contributed by atoms with van der Waals surface area (Å²) in [6, 6.07) is 6.31. The summed E-state index contributed by atoms with van der Waals surface area (Å²) in [6.07, 6.45) is 3.92. The Labute approximate surface area is 132 Å². The van der Waals surface area contributed by atoms with Crippen molar-refractivity contribution >= 4 is 5.91 Å². The minimum atomic E-state index is 0.218. The van der Waals surface area contributed by atoms with Crippen LogP contribution in [0.1, 0.15) is 37.3 Å². The summed E-state index contributed by atoms with van der Waals surface area (Å²) in [5, 5.41) is 3.33. The summed E-state index contributed by atoms with van der Waals surface area (Å²) < 4.78 is 5.70. The van der Waals surface area contributed by atoms with Crippen LogP contribution in [0.2, 0.25) is 0 Å². The van der Waals surface area contributed by atoms with Crippen molar-refractivity contribution in [2.75, 3.05) is 26.2 Å². The number of hydrogen-bond donors (Lipinski definition) is 1. The van der Waals surface area contributed by atoms with E-state index in [2.05, 4.69) is 24.4 Å². The van der Waals surface area contributed by atoms with Gasteiger partial charge in [-0.25, -0.2) is 0 Å². The molecule has 22 heavy (non-hydrogen) atoms. The lowest BCUT2D eigenvalue weighted by atomic mass is 9.94. The van der Waals surface area contributed by atoms with E-state index in [-0.39, 0.29) is 5.92 Å². The molecule has 1 amide bonds. The molecule has 0 bridgehead atoms. The van der Waals surface area contributed by atoms with Gasteiger partial charge in [0.15, 0.2) is 0 Å². The van der Waals surface area contributed by atoms with E-state index in [9.17, 15) is 4.79 Å². The molecule has 1 N–H and O–H groups in total. The van der Waals surface area contributed by atoms with Crippen molar-refractivity contribution in [3.8, 4) is 5.75 Å². The van der Waals surface area contributed by atoms with E-state index in [0.29, 0.717) is 5.91 Å². The van der Waals surface area contributed by atoms with Gasteiger partial charge in [-0.2, -0.15) is 0 Å². The van der Waals surface area contributed by atoms with Crippen molar-refractivity contribution in [3.05, 3.63) is 29.3 Å². The normalized spacial score (nSPS) is 18.9. The first kappa shape index (κ1) is 15.3. The van der Waals surface area contributed by atoms with Crippen LogP contribution < -0.4 is 10.1 Å². The SMILES string of the molecule is CCCOc1ccc2c(c1)CCN(C(=O)C1CCNCC1)C2. The number of rotatable bonds is 4. The van der Waals surface area contributed by atoms with Crippen molar-refractivity contribution in [2.45, 2.75) is 39.2 Å². The van der Waals surface area contributed by atoms with Crippen LogP contribution in [0.5, 0.6) is 5.75 Å². The molecule has 2 heterocycles. The molecule has 0 atom stereocenters. The monoisotopic (exact) mass is 302 g/mol. The molecule has 120 valence electrons. The number of carbonyl (C=O) groups is 1. The van der Waals surface area contributed by atoms with Gasteiger partial charge in [0.2, 0.25) is 5.91 Å². The number of nitrogens with one attached hydrogen (secondary N) is 1. The fourth-order valence-corrected chi connectivity index (χ4v) is 3.35. The van der Waals surface area contributed by atoms with Crippen LogP contribution in [0.25, 0.3) is 0 Å². The zero-order chi connectivity index (χ0) is 15.4. The average Bonchev–Trinajstić information content (AvgIpc) is 2.59. The molecular weight excluding hydrogens is 276 g/mol. The van der Waals surface area contributed by atoms with Crippen LogP contribution in [0.4, 0.5) is 0 Å². The minimum absolute atomic E-state index is 0.218. The van der Waals surface area contributed by atoms with Crippen LogP contribution in [0, 0.1) is 5.92 Å². The zero-order valence-electron chi connectivity index (χ0n) is 13.4.